The van der Waals surface area contributed by atoms with Crippen molar-refractivity contribution in [2.75, 3.05) is 0 Å². The Morgan fingerprint density at radius 3 is 2.67 bits per heavy atom. The Morgan fingerprint density at radius 2 is 2.11 bits per heavy atom. The quantitative estimate of drug-likeness (QED) is 0.631. The molecular formula is C20H18F2O4S. The zero-order valence-corrected chi connectivity index (χ0v) is 15.3. The highest BCUT2D eigenvalue weighted by atomic mass is 32.2. The summed E-state index contributed by atoms with van der Waals surface area (Å²) >= 11 is 1.18. The Morgan fingerprint density at radius 1 is 1.37 bits per heavy atom. The third-order valence-electron chi connectivity index (χ3n) is 4.22. The molecule has 142 valence electrons. The summed E-state index contributed by atoms with van der Waals surface area (Å²) in [6, 6.07) is 11.1. The van der Waals surface area contributed by atoms with Crippen LogP contribution in [0.25, 0.3) is 5.57 Å². The van der Waals surface area contributed by atoms with E-state index in [4.69, 9.17) is 14.3 Å². The fourth-order valence-electron chi connectivity index (χ4n) is 2.80. The number of aromatic carboxylic acids is 1. The van der Waals surface area contributed by atoms with E-state index in [9.17, 15) is 13.6 Å². The lowest BCUT2D eigenvalue weighted by molar-refractivity contribution is -0.160. The number of ether oxygens (including phenoxy) is 1. The van der Waals surface area contributed by atoms with E-state index < -0.39 is 17.5 Å². The number of carboxylic acid groups (broad SMARTS) is 1. The van der Waals surface area contributed by atoms with Gasteiger partial charge in [0.2, 0.25) is 5.76 Å². The zero-order chi connectivity index (χ0) is 19.4. The molecule has 1 atom stereocenters. The molecule has 1 aliphatic rings. The molecule has 0 bridgehead atoms. The average molecular weight is 392 g/mol. The van der Waals surface area contributed by atoms with Crippen LogP contribution in [0.1, 0.15) is 33.9 Å². The second kappa shape index (κ2) is 8.10. The van der Waals surface area contributed by atoms with Gasteiger partial charge < -0.3 is 14.3 Å². The first-order valence-electron chi connectivity index (χ1n) is 8.26. The number of furan rings is 1. The van der Waals surface area contributed by atoms with E-state index >= 15 is 0 Å². The van der Waals surface area contributed by atoms with E-state index in [1.807, 2.05) is 36.4 Å². The van der Waals surface area contributed by atoms with Crippen LogP contribution in [0.3, 0.4) is 0 Å². The monoisotopic (exact) mass is 392 g/mol. The molecule has 7 heteroatoms. The number of benzene rings is 1. The SMILES string of the molecule is Cc1oc(C(=O)O)cc1CSC1(OC(F)F)C=CC(c2ccccc2)=CC1. The third-order valence-corrected chi connectivity index (χ3v) is 5.57. The largest absolute Gasteiger partial charge is 0.475 e. The van der Waals surface area contributed by atoms with Crippen LogP contribution in [-0.2, 0) is 10.5 Å². The molecule has 1 heterocycles. The second-order valence-corrected chi connectivity index (χ2v) is 7.31. The van der Waals surface area contributed by atoms with Crippen molar-refractivity contribution in [3.8, 4) is 0 Å². The van der Waals surface area contributed by atoms with Crippen molar-refractivity contribution in [2.24, 2.45) is 0 Å². The van der Waals surface area contributed by atoms with Gasteiger partial charge in [0.25, 0.3) is 0 Å². The average Bonchev–Trinajstić information content (AvgIpc) is 3.02. The molecule has 1 aromatic carbocycles. The molecule has 0 amide bonds. The maximum absolute atomic E-state index is 13.0. The Labute approximate surface area is 159 Å². The van der Waals surface area contributed by atoms with Crippen molar-refractivity contribution >= 4 is 23.3 Å². The van der Waals surface area contributed by atoms with Gasteiger partial charge in [0.15, 0.2) is 0 Å². The van der Waals surface area contributed by atoms with Crippen LogP contribution < -0.4 is 0 Å². The van der Waals surface area contributed by atoms with E-state index in [0.29, 0.717) is 11.3 Å². The molecule has 0 radical (unpaired) electrons. The fourth-order valence-corrected chi connectivity index (χ4v) is 3.99. The third kappa shape index (κ3) is 4.67. The first-order valence-corrected chi connectivity index (χ1v) is 9.24. The number of allylic oxidation sites excluding steroid dienone is 2. The maximum Gasteiger partial charge on any atom is 0.371 e. The summed E-state index contributed by atoms with van der Waals surface area (Å²) in [4.78, 5) is 9.79. The molecule has 4 nitrogen and oxygen atoms in total. The minimum atomic E-state index is -2.92. The molecule has 2 aromatic rings. The van der Waals surface area contributed by atoms with Crippen molar-refractivity contribution < 1.29 is 27.8 Å². The highest BCUT2D eigenvalue weighted by molar-refractivity contribution is 7.99. The van der Waals surface area contributed by atoms with Gasteiger partial charge in [0.05, 0.1) is 0 Å². The molecule has 0 spiro atoms. The van der Waals surface area contributed by atoms with Gasteiger partial charge in [-0.3, -0.25) is 0 Å². The van der Waals surface area contributed by atoms with Crippen LogP contribution in [0.5, 0.6) is 0 Å². The first kappa shape index (κ1) is 19.4. The topological polar surface area (TPSA) is 59.7 Å². The normalized spacial score (nSPS) is 19.3. The van der Waals surface area contributed by atoms with Gasteiger partial charge in [-0.05, 0) is 30.2 Å². The van der Waals surface area contributed by atoms with E-state index in [2.05, 4.69) is 0 Å². The van der Waals surface area contributed by atoms with Gasteiger partial charge in [-0.1, -0.05) is 42.5 Å². The number of carbonyl (C=O) groups is 1. The number of alkyl halides is 2. The summed E-state index contributed by atoms with van der Waals surface area (Å²) in [5.41, 5.74) is 2.58. The van der Waals surface area contributed by atoms with E-state index in [-0.39, 0.29) is 17.9 Å². The van der Waals surface area contributed by atoms with Crippen LogP contribution in [-0.4, -0.2) is 22.6 Å². The van der Waals surface area contributed by atoms with Crippen LogP contribution in [0.15, 0.2) is 59.0 Å². The molecular weight excluding hydrogens is 374 g/mol. The smallest absolute Gasteiger partial charge is 0.371 e. The molecule has 1 N–H and O–H groups in total. The van der Waals surface area contributed by atoms with Crippen molar-refractivity contribution in [1.82, 2.24) is 0 Å². The van der Waals surface area contributed by atoms with Crippen LogP contribution in [0.2, 0.25) is 0 Å². The number of aryl methyl sites for hydroxylation is 1. The second-order valence-electron chi connectivity index (χ2n) is 6.04. The number of carboxylic acids is 1. The Kier molecular flexibility index (Phi) is 5.82. The summed E-state index contributed by atoms with van der Waals surface area (Å²) < 4.78 is 36.1. The van der Waals surface area contributed by atoms with Gasteiger partial charge in [0.1, 0.15) is 10.7 Å². The van der Waals surface area contributed by atoms with Gasteiger partial charge in [-0.15, -0.1) is 11.8 Å². The summed E-state index contributed by atoms with van der Waals surface area (Å²) in [6.07, 6.45) is 5.56. The molecule has 0 saturated carbocycles. The Hall–Kier alpha value is -2.38. The van der Waals surface area contributed by atoms with Gasteiger partial charge in [0, 0.05) is 17.7 Å². The maximum atomic E-state index is 13.0. The van der Waals surface area contributed by atoms with Gasteiger partial charge in [-0.25, -0.2) is 4.79 Å². The molecule has 1 aliphatic carbocycles. The lowest BCUT2D eigenvalue weighted by Gasteiger charge is -2.31. The molecule has 0 aliphatic heterocycles. The van der Waals surface area contributed by atoms with Crippen LogP contribution in [0, 0.1) is 6.92 Å². The van der Waals surface area contributed by atoms with Crippen LogP contribution >= 0.6 is 11.8 Å². The molecule has 27 heavy (non-hydrogen) atoms. The van der Waals surface area contributed by atoms with Crippen LogP contribution in [0.4, 0.5) is 8.78 Å². The van der Waals surface area contributed by atoms with E-state index in [1.54, 1.807) is 19.1 Å². The Bertz CT molecular complexity index is 873. The predicted molar refractivity (Wildman–Crippen MR) is 99.7 cm³/mol. The van der Waals surface area contributed by atoms with Gasteiger partial charge in [-0.2, -0.15) is 8.78 Å². The predicted octanol–water partition coefficient (Wildman–Crippen LogP) is 5.50. The standard InChI is InChI=1S/C20H18F2O4S/c1-13-16(11-17(25-13)18(23)24)12-27-20(26-19(21)22)9-7-15(8-10-20)14-5-3-2-4-6-14/h2-9,11,19H,10,12H2,1H3,(H,23,24). The molecule has 0 fully saturated rings. The van der Waals surface area contributed by atoms with Gasteiger partial charge >= 0.3 is 12.6 Å². The molecule has 1 aromatic heterocycles. The number of hydrogen-bond donors (Lipinski definition) is 1. The molecule has 0 saturated heterocycles. The lowest BCUT2D eigenvalue weighted by Crippen LogP contribution is -2.29. The van der Waals surface area contributed by atoms with Crippen molar-refractivity contribution in [2.45, 2.75) is 30.6 Å². The van der Waals surface area contributed by atoms with Crippen molar-refractivity contribution in [1.29, 1.82) is 0 Å². The first-order chi connectivity index (χ1) is 12.9. The number of rotatable bonds is 7. The molecule has 1 unspecified atom stereocenters. The fraction of sp³-hybridized carbons (Fsp3) is 0.250. The summed E-state index contributed by atoms with van der Waals surface area (Å²) in [5.74, 6) is -0.598. The van der Waals surface area contributed by atoms with E-state index in [1.165, 1.54) is 17.8 Å². The highest BCUT2D eigenvalue weighted by Crippen LogP contribution is 2.41. The molecule has 3 rings (SSSR count). The highest BCUT2D eigenvalue weighted by Gasteiger charge is 2.34. The lowest BCUT2D eigenvalue weighted by atomic mass is 9.98. The van der Waals surface area contributed by atoms with Crippen molar-refractivity contribution in [3.63, 3.8) is 0 Å². The summed E-state index contributed by atoms with van der Waals surface area (Å²) in [6.45, 7) is -1.28. The summed E-state index contributed by atoms with van der Waals surface area (Å²) in [5, 5.41) is 9.00. The number of thioether (sulfide) groups is 1. The minimum Gasteiger partial charge on any atom is -0.475 e. The zero-order valence-electron chi connectivity index (χ0n) is 14.5. The summed E-state index contributed by atoms with van der Waals surface area (Å²) in [7, 11) is 0. The van der Waals surface area contributed by atoms with E-state index in [0.717, 1.165) is 11.1 Å². The number of hydrogen-bond acceptors (Lipinski definition) is 4. The Balaban J connectivity index is 1.76. The number of halogens is 2. The minimum absolute atomic E-state index is 0.169. The van der Waals surface area contributed by atoms with Crippen molar-refractivity contribution in [3.05, 3.63) is 77.3 Å².